The molecule has 0 aliphatic heterocycles. The predicted molar refractivity (Wildman–Crippen MR) is 93.9 cm³/mol. The molecular formula is C18H24ClN3O. The quantitative estimate of drug-likeness (QED) is 0.847. The second-order valence-corrected chi connectivity index (χ2v) is 6.32. The number of aryl methyl sites for hydroxylation is 1. The van der Waals surface area contributed by atoms with E-state index in [1.165, 1.54) is 5.56 Å². The minimum atomic E-state index is -0.242. The minimum absolute atomic E-state index is 0.0495. The van der Waals surface area contributed by atoms with E-state index in [2.05, 4.69) is 48.5 Å². The van der Waals surface area contributed by atoms with Gasteiger partial charge >= 0.3 is 0 Å². The fourth-order valence-electron chi connectivity index (χ4n) is 2.55. The molecule has 2 unspecified atom stereocenters. The summed E-state index contributed by atoms with van der Waals surface area (Å²) < 4.78 is 1.54. The number of hydrogen-bond acceptors (Lipinski definition) is 2. The zero-order valence-electron chi connectivity index (χ0n) is 14.1. The molecule has 0 spiro atoms. The largest absolute Gasteiger partial charge is 0.344 e. The van der Waals surface area contributed by atoms with E-state index in [4.69, 9.17) is 11.6 Å². The summed E-state index contributed by atoms with van der Waals surface area (Å²) in [5, 5.41) is 7.50. The number of aromatic nitrogens is 2. The molecule has 1 amide bonds. The third-order valence-corrected chi connectivity index (χ3v) is 4.51. The molecule has 1 heterocycles. The van der Waals surface area contributed by atoms with Gasteiger partial charge in [-0.25, -0.2) is 0 Å². The van der Waals surface area contributed by atoms with Crippen molar-refractivity contribution in [3.05, 3.63) is 52.3 Å². The van der Waals surface area contributed by atoms with E-state index in [1.54, 1.807) is 17.9 Å². The van der Waals surface area contributed by atoms with Crippen LogP contribution in [0.4, 0.5) is 0 Å². The van der Waals surface area contributed by atoms with Crippen LogP contribution in [-0.2, 0) is 7.05 Å². The molecule has 0 bridgehead atoms. The third-order valence-electron chi connectivity index (χ3n) is 4.23. The van der Waals surface area contributed by atoms with Gasteiger partial charge in [-0.15, -0.1) is 0 Å². The highest BCUT2D eigenvalue weighted by atomic mass is 35.5. The van der Waals surface area contributed by atoms with E-state index in [-0.39, 0.29) is 17.6 Å². The first-order chi connectivity index (χ1) is 11.0. The van der Waals surface area contributed by atoms with Crippen LogP contribution in [0.3, 0.4) is 0 Å². The maximum absolute atomic E-state index is 12.4. The van der Waals surface area contributed by atoms with Gasteiger partial charge in [0, 0.05) is 13.2 Å². The van der Waals surface area contributed by atoms with E-state index >= 15 is 0 Å². The van der Waals surface area contributed by atoms with Gasteiger partial charge in [-0.1, -0.05) is 56.6 Å². The van der Waals surface area contributed by atoms with Crippen LogP contribution in [0.1, 0.15) is 67.2 Å². The molecule has 124 valence electrons. The fraction of sp³-hybridized carbons (Fsp3) is 0.444. The van der Waals surface area contributed by atoms with Crippen LogP contribution in [0, 0.1) is 0 Å². The maximum Gasteiger partial charge on any atom is 0.273 e. The van der Waals surface area contributed by atoms with Crippen molar-refractivity contribution in [1.29, 1.82) is 0 Å². The zero-order valence-corrected chi connectivity index (χ0v) is 14.9. The summed E-state index contributed by atoms with van der Waals surface area (Å²) in [5.41, 5.74) is 2.69. The Morgan fingerprint density at radius 2 is 1.83 bits per heavy atom. The number of nitrogens with one attached hydrogen (secondary N) is 1. The molecule has 23 heavy (non-hydrogen) atoms. The monoisotopic (exact) mass is 333 g/mol. The highest BCUT2D eigenvalue weighted by Crippen LogP contribution is 2.23. The predicted octanol–water partition coefficient (Wildman–Crippen LogP) is 4.47. The minimum Gasteiger partial charge on any atom is -0.344 e. The Morgan fingerprint density at radius 1 is 1.22 bits per heavy atom. The van der Waals surface area contributed by atoms with Crippen LogP contribution >= 0.6 is 11.6 Å². The Balaban J connectivity index is 2.13. The third kappa shape index (κ3) is 4.14. The zero-order chi connectivity index (χ0) is 17.0. The van der Waals surface area contributed by atoms with Crippen molar-refractivity contribution in [3.63, 3.8) is 0 Å². The maximum atomic E-state index is 12.4. The average Bonchev–Trinajstić information content (AvgIpc) is 2.90. The van der Waals surface area contributed by atoms with Crippen LogP contribution in [0.25, 0.3) is 0 Å². The van der Waals surface area contributed by atoms with Crippen LogP contribution in [0.2, 0.25) is 5.02 Å². The molecule has 5 heteroatoms. The normalized spacial score (nSPS) is 13.6. The van der Waals surface area contributed by atoms with Crippen LogP contribution in [0.15, 0.2) is 30.5 Å². The van der Waals surface area contributed by atoms with Crippen molar-refractivity contribution in [2.75, 3.05) is 0 Å². The SMILES string of the molecule is CCC(C)c1ccc(C(CC)NC(=O)c2nn(C)cc2Cl)cc1. The first-order valence-electron chi connectivity index (χ1n) is 8.06. The molecule has 2 aromatic rings. The van der Waals surface area contributed by atoms with Crippen LogP contribution < -0.4 is 5.32 Å². The highest BCUT2D eigenvalue weighted by Gasteiger charge is 2.19. The number of amides is 1. The van der Waals surface area contributed by atoms with Crippen molar-refractivity contribution < 1.29 is 4.79 Å². The molecule has 1 aromatic carbocycles. The topological polar surface area (TPSA) is 46.9 Å². The molecule has 0 saturated carbocycles. The highest BCUT2D eigenvalue weighted by molar-refractivity contribution is 6.33. The van der Waals surface area contributed by atoms with E-state index < -0.39 is 0 Å². The number of carbonyl (C=O) groups excluding carboxylic acids is 1. The van der Waals surface area contributed by atoms with Crippen molar-refractivity contribution in [2.24, 2.45) is 7.05 Å². The number of carbonyl (C=O) groups is 1. The summed E-state index contributed by atoms with van der Waals surface area (Å²) in [6.45, 7) is 6.45. The fourth-order valence-corrected chi connectivity index (χ4v) is 2.82. The molecule has 0 saturated heterocycles. The number of rotatable bonds is 6. The lowest BCUT2D eigenvalue weighted by Crippen LogP contribution is -2.28. The Kier molecular flexibility index (Phi) is 5.83. The van der Waals surface area contributed by atoms with Gasteiger partial charge in [0.1, 0.15) is 0 Å². The van der Waals surface area contributed by atoms with Gasteiger partial charge in [0.25, 0.3) is 5.91 Å². The van der Waals surface area contributed by atoms with E-state index in [1.807, 2.05) is 6.92 Å². The first kappa shape index (κ1) is 17.5. The summed E-state index contributed by atoms with van der Waals surface area (Å²) in [6, 6.07) is 8.43. The van der Waals surface area contributed by atoms with Crippen LogP contribution in [0.5, 0.6) is 0 Å². The lowest BCUT2D eigenvalue weighted by molar-refractivity contribution is 0.0930. The molecule has 0 aliphatic carbocycles. The van der Waals surface area contributed by atoms with Crippen LogP contribution in [-0.4, -0.2) is 15.7 Å². The van der Waals surface area contributed by atoms with E-state index in [9.17, 15) is 4.79 Å². The summed E-state index contributed by atoms with van der Waals surface area (Å²) in [4.78, 5) is 12.4. The molecule has 0 fully saturated rings. The number of hydrogen-bond donors (Lipinski definition) is 1. The molecule has 0 radical (unpaired) electrons. The van der Waals surface area contributed by atoms with Crippen molar-refractivity contribution in [2.45, 2.75) is 45.6 Å². The Bertz CT molecular complexity index is 663. The molecule has 1 aromatic heterocycles. The number of benzene rings is 1. The second-order valence-electron chi connectivity index (χ2n) is 5.91. The molecule has 0 aliphatic rings. The average molecular weight is 334 g/mol. The van der Waals surface area contributed by atoms with Gasteiger partial charge in [-0.3, -0.25) is 9.48 Å². The smallest absolute Gasteiger partial charge is 0.273 e. The Hall–Kier alpha value is -1.81. The first-order valence-corrected chi connectivity index (χ1v) is 8.43. The molecular weight excluding hydrogens is 310 g/mol. The van der Waals surface area contributed by atoms with Crippen molar-refractivity contribution >= 4 is 17.5 Å². The molecule has 2 rings (SSSR count). The summed E-state index contributed by atoms with van der Waals surface area (Å²) in [6.07, 6.45) is 3.54. The Morgan fingerprint density at radius 3 is 2.30 bits per heavy atom. The lowest BCUT2D eigenvalue weighted by Gasteiger charge is -2.18. The standard InChI is InChI=1S/C18H24ClN3O/c1-5-12(3)13-7-9-14(10-8-13)16(6-2)20-18(23)17-15(19)11-22(4)21-17/h7-12,16H,5-6H2,1-4H3,(H,20,23). The van der Waals surface area contributed by atoms with Crippen molar-refractivity contribution in [1.82, 2.24) is 15.1 Å². The summed E-state index contributed by atoms with van der Waals surface area (Å²) in [7, 11) is 1.74. The molecule has 1 N–H and O–H groups in total. The Labute approximate surface area is 142 Å². The number of halogens is 1. The lowest BCUT2D eigenvalue weighted by atomic mass is 9.95. The number of nitrogens with zero attached hydrogens (tertiary/aromatic N) is 2. The van der Waals surface area contributed by atoms with Gasteiger partial charge in [0.05, 0.1) is 11.1 Å². The van der Waals surface area contributed by atoms with Gasteiger partial charge in [0.2, 0.25) is 0 Å². The van der Waals surface area contributed by atoms with E-state index in [0.29, 0.717) is 10.9 Å². The molecule has 2 atom stereocenters. The van der Waals surface area contributed by atoms with E-state index in [0.717, 1.165) is 18.4 Å². The molecule has 4 nitrogen and oxygen atoms in total. The van der Waals surface area contributed by atoms with Gasteiger partial charge < -0.3 is 5.32 Å². The second kappa shape index (κ2) is 7.64. The summed E-state index contributed by atoms with van der Waals surface area (Å²) in [5.74, 6) is 0.305. The van der Waals surface area contributed by atoms with Gasteiger partial charge in [-0.2, -0.15) is 5.10 Å². The van der Waals surface area contributed by atoms with Gasteiger partial charge in [-0.05, 0) is 29.9 Å². The van der Waals surface area contributed by atoms with Gasteiger partial charge in [0.15, 0.2) is 5.69 Å². The summed E-state index contributed by atoms with van der Waals surface area (Å²) >= 11 is 6.04. The van der Waals surface area contributed by atoms with Crippen molar-refractivity contribution in [3.8, 4) is 0 Å².